The van der Waals surface area contributed by atoms with Crippen molar-refractivity contribution in [1.82, 2.24) is 19.5 Å². The summed E-state index contributed by atoms with van der Waals surface area (Å²) in [5.41, 5.74) is 5.30. The molecule has 6 aromatic rings. The molecule has 0 saturated carbocycles. The first-order valence-corrected chi connectivity index (χ1v) is 14.9. The van der Waals surface area contributed by atoms with Gasteiger partial charge >= 0.3 is 234 Å². The number of fused-ring (bicyclic) bond motifs is 3. The van der Waals surface area contributed by atoms with Gasteiger partial charge in [0.15, 0.2) is 0 Å². The van der Waals surface area contributed by atoms with Gasteiger partial charge in [0, 0.05) is 0 Å². The number of pyridine rings is 2. The van der Waals surface area contributed by atoms with E-state index in [1.54, 1.807) is 0 Å². The summed E-state index contributed by atoms with van der Waals surface area (Å²) in [6.07, 6.45) is 5.60. The molecular formula is C33H27N5OSe. The Hall–Kier alpha value is -4.45. The third-order valence-corrected chi connectivity index (χ3v) is 9.30. The number of nitrogens with zero attached hydrogens (tertiary/aromatic N) is 5. The van der Waals surface area contributed by atoms with E-state index in [1.165, 1.54) is 14.5 Å². The molecule has 1 aliphatic heterocycles. The van der Waals surface area contributed by atoms with Crippen LogP contribution in [-0.4, -0.2) is 34.5 Å². The fraction of sp³-hybridized carbons (Fsp3) is 0.121. The van der Waals surface area contributed by atoms with Gasteiger partial charge < -0.3 is 0 Å². The van der Waals surface area contributed by atoms with Crippen molar-refractivity contribution in [2.24, 2.45) is 0 Å². The van der Waals surface area contributed by atoms with E-state index in [0.717, 1.165) is 45.5 Å². The van der Waals surface area contributed by atoms with Crippen LogP contribution in [0.1, 0.15) is 26.3 Å². The van der Waals surface area contributed by atoms with Crippen molar-refractivity contribution < 1.29 is 4.74 Å². The summed E-state index contributed by atoms with van der Waals surface area (Å²) in [5, 5.41) is 0. The topological polar surface area (TPSA) is 56.1 Å². The van der Waals surface area contributed by atoms with E-state index < -0.39 is 0 Å². The zero-order valence-electron chi connectivity index (χ0n) is 22.4. The predicted octanol–water partition coefficient (Wildman–Crippen LogP) is 6.34. The second kappa shape index (κ2) is 9.63. The molecule has 0 saturated heterocycles. The van der Waals surface area contributed by atoms with Gasteiger partial charge in [-0.15, -0.1) is 0 Å². The van der Waals surface area contributed by atoms with Crippen LogP contribution in [0.15, 0.2) is 110 Å². The van der Waals surface area contributed by atoms with Gasteiger partial charge in [-0.2, -0.15) is 0 Å². The Bertz CT molecular complexity index is 1870. The predicted molar refractivity (Wildman–Crippen MR) is 162 cm³/mol. The van der Waals surface area contributed by atoms with Crippen molar-refractivity contribution in [3.05, 3.63) is 115 Å². The molecule has 3 aromatic carbocycles. The van der Waals surface area contributed by atoms with E-state index in [0.29, 0.717) is 0 Å². The summed E-state index contributed by atoms with van der Waals surface area (Å²) in [6, 6.07) is 31.0. The first-order valence-electron chi connectivity index (χ1n) is 13.2. The van der Waals surface area contributed by atoms with Crippen LogP contribution in [0.3, 0.4) is 0 Å². The second-order valence-electron chi connectivity index (χ2n) is 10.7. The van der Waals surface area contributed by atoms with Crippen LogP contribution >= 0.6 is 0 Å². The van der Waals surface area contributed by atoms with Gasteiger partial charge in [-0.3, -0.25) is 0 Å². The minimum absolute atomic E-state index is 0.00370. The van der Waals surface area contributed by atoms with E-state index in [-0.39, 0.29) is 20.4 Å². The number of para-hydroxylation sites is 2. The molecule has 0 atom stereocenters. The number of imidazole rings is 1. The van der Waals surface area contributed by atoms with Crippen molar-refractivity contribution >= 4 is 52.2 Å². The standard InChI is InChI=1S/C33H27N5OSe/c1-33(2,3)22-15-17-34-31(18-22)38-28-20-25(13-14-29(28)40-30-12-7-16-35-32(30)38)39-24-9-6-8-23(19-24)37-21-36-26-10-4-5-11-27(26)37/h4-21H,1-3H3. The third-order valence-electron chi connectivity index (χ3n) is 6.98. The maximum atomic E-state index is 6.45. The summed E-state index contributed by atoms with van der Waals surface area (Å²) >= 11 is 0.123. The van der Waals surface area contributed by atoms with Crippen LogP contribution in [0.4, 0.5) is 17.3 Å². The van der Waals surface area contributed by atoms with E-state index in [1.807, 2.05) is 61.2 Å². The molecular weight excluding hydrogens is 561 g/mol. The fourth-order valence-electron chi connectivity index (χ4n) is 4.92. The molecule has 0 aliphatic carbocycles. The number of rotatable bonds is 4. The van der Waals surface area contributed by atoms with Gasteiger partial charge in [-0.25, -0.2) is 0 Å². The van der Waals surface area contributed by atoms with Gasteiger partial charge in [0.05, 0.1) is 0 Å². The Morgan fingerprint density at radius 3 is 2.50 bits per heavy atom. The first kappa shape index (κ1) is 24.6. The van der Waals surface area contributed by atoms with Crippen molar-refractivity contribution in [3.8, 4) is 17.2 Å². The third kappa shape index (κ3) is 4.43. The molecule has 196 valence electrons. The zero-order valence-corrected chi connectivity index (χ0v) is 24.2. The monoisotopic (exact) mass is 589 g/mol. The van der Waals surface area contributed by atoms with E-state index in [2.05, 4.69) is 83.8 Å². The van der Waals surface area contributed by atoms with Gasteiger partial charge in [-0.1, -0.05) is 6.07 Å². The van der Waals surface area contributed by atoms with Gasteiger partial charge in [0.1, 0.15) is 0 Å². The normalized spacial score (nSPS) is 12.7. The number of anilines is 3. The number of hydrogen-bond acceptors (Lipinski definition) is 5. The number of aromatic nitrogens is 4. The summed E-state index contributed by atoms with van der Waals surface area (Å²) in [7, 11) is 0. The average molecular weight is 589 g/mol. The zero-order chi connectivity index (χ0) is 27.3. The van der Waals surface area contributed by atoms with Crippen molar-refractivity contribution in [2.75, 3.05) is 4.90 Å². The van der Waals surface area contributed by atoms with E-state index in [9.17, 15) is 0 Å². The molecule has 7 rings (SSSR count). The van der Waals surface area contributed by atoms with Gasteiger partial charge in [0.2, 0.25) is 0 Å². The number of ether oxygens (including phenoxy) is 1. The maximum absolute atomic E-state index is 6.45. The molecule has 0 spiro atoms. The average Bonchev–Trinajstić information content (AvgIpc) is 3.40. The Balaban J connectivity index is 1.27. The molecule has 0 N–H and O–H groups in total. The minimum atomic E-state index is 0.00370. The molecule has 6 nitrogen and oxygen atoms in total. The van der Waals surface area contributed by atoms with E-state index in [4.69, 9.17) is 14.7 Å². The molecule has 4 heterocycles. The first-order chi connectivity index (χ1) is 19.4. The Morgan fingerprint density at radius 2 is 1.60 bits per heavy atom. The van der Waals surface area contributed by atoms with Crippen LogP contribution in [0.25, 0.3) is 16.7 Å². The van der Waals surface area contributed by atoms with Crippen molar-refractivity contribution in [1.29, 1.82) is 0 Å². The molecule has 0 bridgehead atoms. The van der Waals surface area contributed by atoms with Crippen LogP contribution in [0.5, 0.6) is 11.5 Å². The molecule has 1 aliphatic rings. The van der Waals surface area contributed by atoms with Crippen molar-refractivity contribution in [3.63, 3.8) is 0 Å². The van der Waals surface area contributed by atoms with Gasteiger partial charge in [0.25, 0.3) is 0 Å². The number of hydrogen-bond donors (Lipinski definition) is 0. The second-order valence-corrected chi connectivity index (χ2v) is 13.0. The van der Waals surface area contributed by atoms with Crippen LogP contribution < -0.4 is 18.6 Å². The SMILES string of the molecule is CC(C)(C)c1ccnc(N2c3cc(Oc4cccc(-n5cnc6ccccc65)c4)ccc3[Se]c3cccnc32)c1. The summed E-state index contributed by atoms with van der Waals surface area (Å²) in [6.45, 7) is 6.66. The van der Waals surface area contributed by atoms with Crippen LogP contribution in [-0.2, 0) is 5.41 Å². The van der Waals surface area contributed by atoms with Gasteiger partial charge in [-0.05, 0) is 0 Å². The molecule has 0 amide bonds. The summed E-state index contributed by atoms with van der Waals surface area (Å²) in [4.78, 5) is 16.3. The molecule has 0 radical (unpaired) electrons. The number of benzene rings is 3. The molecule has 3 aromatic heterocycles. The van der Waals surface area contributed by atoms with E-state index >= 15 is 0 Å². The Kier molecular flexibility index (Phi) is 5.92. The van der Waals surface area contributed by atoms with Crippen LogP contribution in [0, 0.1) is 0 Å². The molecule has 0 unspecified atom stereocenters. The van der Waals surface area contributed by atoms with Crippen molar-refractivity contribution in [2.45, 2.75) is 26.2 Å². The molecule has 40 heavy (non-hydrogen) atoms. The quantitative estimate of drug-likeness (QED) is 0.225. The van der Waals surface area contributed by atoms with Crippen LogP contribution in [0.2, 0.25) is 0 Å². The Morgan fingerprint density at radius 1 is 0.725 bits per heavy atom. The summed E-state index contributed by atoms with van der Waals surface area (Å²) < 4.78 is 11.0. The molecule has 7 heteroatoms. The Labute approximate surface area is 239 Å². The fourth-order valence-corrected chi connectivity index (χ4v) is 7.04. The summed E-state index contributed by atoms with van der Waals surface area (Å²) in [5.74, 6) is 3.31. The molecule has 0 fully saturated rings.